The van der Waals surface area contributed by atoms with Crippen molar-refractivity contribution < 1.29 is 14.6 Å². The standard InChI is InChI=1S/C18H15ClN2O3/c19-17-11-13(7-9-20-17)24-10-8-12-5-6-16(21-18(22)23)15-4-2-1-3-14(12)15/h1-7,9,11,21H,8,10H2,(H,22,23). The van der Waals surface area contributed by atoms with Crippen LogP contribution in [-0.4, -0.2) is 22.8 Å². The van der Waals surface area contributed by atoms with Gasteiger partial charge in [-0.15, -0.1) is 0 Å². The number of hydrogen-bond donors (Lipinski definition) is 2. The number of fused-ring (bicyclic) bond motifs is 1. The van der Waals surface area contributed by atoms with E-state index in [2.05, 4.69) is 10.3 Å². The van der Waals surface area contributed by atoms with Gasteiger partial charge in [0.25, 0.3) is 0 Å². The Morgan fingerprint density at radius 3 is 2.71 bits per heavy atom. The third-order valence-electron chi connectivity index (χ3n) is 3.59. The molecule has 3 aromatic rings. The van der Waals surface area contributed by atoms with Crippen molar-refractivity contribution in [2.75, 3.05) is 11.9 Å². The van der Waals surface area contributed by atoms with Crippen molar-refractivity contribution in [3.63, 3.8) is 0 Å². The number of amides is 1. The molecule has 0 atom stereocenters. The Morgan fingerprint density at radius 2 is 1.96 bits per heavy atom. The minimum Gasteiger partial charge on any atom is -0.493 e. The number of hydrogen-bond acceptors (Lipinski definition) is 3. The quantitative estimate of drug-likeness (QED) is 0.665. The molecule has 2 aromatic carbocycles. The molecule has 3 rings (SSSR count). The molecule has 0 saturated heterocycles. The number of pyridine rings is 1. The lowest BCUT2D eigenvalue weighted by molar-refractivity contribution is 0.210. The van der Waals surface area contributed by atoms with E-state index < -0.39 is 6.09 Å². The van der Waals surface area contributed by atoms with Gasteiger partial charge >= 0.3 is 6.09 Å². The molecule has 1 aromatic heterocycles. The van der Waals surface area contributed by atoms with Crippen molar-refractivity contribution in [2.45, 2.75) is 6.42 Å². The van der Waals surface area contributed by atoms with Crippen LogP contribution < -0.4 is 10.1 Å². The average Bonchev–Trinajstić information content (AvgIpc) is 2.56. The fourth-order valence-electron chi connectivity index (χ4n) is 2.56. The van der Waals surface area contributed by atoms with E-state index in [1.54, 1.807) is 24.4 Å². The lowest BCUT2D eigenvalue weighted by Crippen LogP contribution is -2.08. The molecule has 0 spiro atoms. The van der Waals surface area contributed by atoms with Gasteiger partial charge in [0.2, 0.25) is 0 Å². The summed E-state index contributed by atoms with van der Waals surface area (Å²) in [5, 5.41) is 13.6. The van der Waals surface area contributed by atoms with Gasteiger partial charge in [-0.05, 0) is 23.1 Å². The van der Waals surface area contributed by atoms with E-state index >= 15 is 0 Å². The van der Waals surface area contributed by atoms with E-state index in [4.69, 9.17) is 21.4 Å². The van der Waals surface area contributed by atoms with Crippen LogP contribution in [-0.2, 0) is 6.42 Å². The maximum atomic E-state index is 10.9. The number of carboxylic acid groups (broad SMARTS) is 1. The molecule has 0 saturated carbocycles. The Balaban J connectivity index is 1.78. The summed E-state index contributed by atoms with van der Waals surface area (Å²) in [5.74, 6) is 0.670. The summed E-state index contributed by atoms with van der Waals surface area (Å²) in [6.07, 6.45) is 1.21. The summed E-state index contributed by atoms with van der Waals surface area (Å²) >= 11 is 5.83. The second kappa shape index (κ2) is 7.19. The second-order valence-electron chi connectivity index (χ2n) is 5.16. The van der Waals surface area contributed by atoms with Gasteiger partial charge < -0.3 is 9.84 Å². The molecule has 1 amide bonds. The zero-order valence-electron chi connectivity index (χ0n) is 12.7. The number of anilines is 1. The fraction of sp³-hybridized carbons (Fsp3) is 0.111. The Labute approximate surface area is 143 Å². The number of nitrogens with zero attached hydrogens (tertiary/aromatic N) is 1. The van der Waals surface area contributed by atoms with Crippen molar-refractivity contribution in [1.29, 1.82) is 0 Å². The first-order valence-electron chi connectivity index (χ1n) is 7.38. The molecule has 0 bridgehead atoms. The third kappa shape index (κ3) is 3.75. The fourth-order valence-corrected chi connectivity index (χ4v) is 2.72. The van der Waals surface area contributed by atoms with Crippen molar-refractivity contribution in [2.24, 2.45) is 0 Å². The van der Waals surface area contributed by atoms with E-state index in [1.165, 1.54) is 0 Å². The van der Waals surface area contributed by atoms with Gasteiger partial charge in [0.05, 0.1) is 12.3 Å². The Bertz CT molecular complexity index is 883. The molecule has 5 nitrogen and oxygen atoms in total. The molecule has 0 unspecified atom stereocenters. The molecule has 1 heterocycles. The van der Waals surface area contributed by atoms with E-state index in [-0.39, 0.29) is 0 Å². The number of benzene rings is 2. The topological polar surface area (TPSA) is 71.5 Å². The highest BCUT2D eigenvalue weighted by Crippen LogP contribution is 2.27. The first-order valence-corrected chi connectivity index (χ1v) is 7.76. The average molecular weight is 343 g/mol. The van der Waals surface area contributed by atoms with Crippen LogP contribution in [0.3, 0.4) is 0 Å². The predicted octanol–water partition coefficient (Wildman–Crippen LogP) is 4.60. The van der Waals surface area contributed by atoms with Gasteiger partial charge in [-0.3, -0.25) is 5.32 Å². The molecular formula is C18H15ClN2O3. The molecule has 0 fully saturated rings. The zero-order chi connectivity index (χ0) is 16.9. The lowest BCUT2D eigenvalue weighted by Gasteiger charge is -2.12. The predicted molar refractivity (Wildman–Crippen MR) is 94.0 cm³/mol. The Hall–Kier alpha value is -2.79. The summed E-state index contributed by atoms with van der Waals surface area (Å²) in [4.78, 5) is 14.8. The van der Waals surface area contributed by atoms with Crippen LogP contribution in [0.2, 0.25) is 5.15 Å². The lowest BCUT2D eigenvalue weighted by atomic mass is 10.0. The van der Waals surface area contributed by atoms with Gasteiger partial charge in [-0.2, -0.15) is 0 Å². The summed E-state index contributed by atoms with van der Waals surface area (Å²) in [7, 11) is 0. The maximum absolute atomic E-state index is 10.9. The van der Waals surface area contributed by atoms with E-state index in [0.29, 0.717) is 29.6 Å². The number of halogens is 1. The minimum atomic E-state index is -1.08. The van der Waals surface area contributed by atoms with Crippen LogP contribution in [0, 0.1) is 0 Å². The Kier molecular flexibility index (Phi) is 4.82. The summed E-state index contributed by atoms with van der Waals surface area (Å²) in [6, 6.07) is 14.8. The number of ether oxygens (including phenoxy) is 1. The molecule has 0 aliphatic carbocycles. The van der Waals surface area contributed by atoms with Crippen LogP contribution in [0.5, 0.6) is 5.75 Å². The minimum absolute atomic E-state index is 0.391. The first kappa shape index (κ1) is 16.1. The third-order valence-corrected chi connectivity index (χ3v) is 3.80. The molecular weight excluding hydrogens is 328 g/mol. The van der Waals surface area contributed by atoms with Crippen LogP contribution in [0.15, 0.2) is 54.7 Å². The normalized spacial score (nSPS) is 10.5. The van der Waals surface area contributed by atoms with E-state index in [0.717, 1.165) is 16.3 Å². The molecule has 6 heteroatoms. The number of nitrogens with one attached hydrogen (secondary N) is 1. The van der Waals surface area contributed by atoms with Crippen molar-refractivity contribution >= 4 is 34.2 Å². The molecule has 24 heavy (non-hydrogen) atoms. The second-order valence-corrected chi connectivity index (χ2v) is 5.55. The van der Waals surface area contributed by atoms with Crippen LogP contribution in [0.1, 0.15) is 5.56 Å². The summed E-state index contributed by atoms with van der Waals surface area (Å²) < 4.78 is 5.70. The van der Waals surface area contributed by atoms with E-state index in [9.17, 15) is 4.79 Å². The van der Waals surface area contributed by atoms with Crippen LogP contribution >= 0.6 is 11.6 Å². The Morgan fingerprint density at radius 1 is 1.17 bits per heavy atom. The molecule has 0 radical (unpaired) electrons. The van der Waals surface area contributed by atoms with Gasteiger partial charge in [0.15, 0.2) is 0 Å². The van der Waals surface area contributed by atoms with Crippen molar-refractivity contribution in [3.8, 4) is 5.75 Å². The van der Waals surface area contributed by atoms with Crippen LogP contribution in [0.4, 0.5) is 10.5 Å². The number of aromatic nitrogens is 1. The van der Waals surface area contributed by atoms with Gasteiger partial charge in [0, 0.05) is 24.1 Å². The summed E-state index contributed by atoms with van der Waals surface area (Å²) in [6.45, 7) is 0.482. The van der Waals surface area contributed by atoms with Gasteiger partial charge in [-0.25, -0.2) is 9.78 Å². The highest BCUT2D eigenvalue weighted by molar-refractivity contribution is 6.29. The van der Waals surface area contributed by atoms with Gasteiger partial charge in [0.1, 0.15) is 10.9 Å². The van der Waals surface area contributed by atoms with Gasteiger partial charge in [-0.1, -0.05) is 41.9 Å². The summed E-state index contributed by atoms with van der Waals surface area (Å²) in [5.41, 5.74) is 1.66. The van der Waals surface area contributed by atoms with Crippen LogP contribution in [0.25, 0.3) is 10.8 Å². The van der Waals surface area contributed by atoms with E-state index in [1.807, 2.05) is 30.3 Å². The number of rotatable bonds is 5. The SMILES string of the molecule is O=C(O)Nc1ccc(CCOc2ccnc(Cl)c2)c2ccccc12. The highest BCUT2D eigenvalue weighted by Gasteiger charge is 2.08. The highest BCUT2D eigenvalue weighted by atomic mass is 35.5. The maximum Gasteiger partial charge on any atom is 0.409 e. The molecule has 122 valence electrons. The first-order chi connectivity index (χ1) is 11.6. The largest absolute Gasteiger partial charge is 0.493 e. The molecule has 2 N–H and O–H groups in total. The molecule has 0 aliphatic rings. The van der Waals surface area contributed by atoms with Crippen molar-refractivity contribution in [1.82, 2.24) is 4.98 Å². The molecule has 0 aliphatic heterocycles. The monoisotopic (exact) mass is 342 g/mol. The van der Waals surface area contributed by atoms with Crippen molar-refractivity contribution in [3.05, 3.63) is 65.4 Å². The number of carbonyl (C=O) groups is 1. The smallest absolute Gasteiger partial charge is 0.409 e. The zero-order valence-corrected chi connectivity index (χ0v) is 13.5.